The number of fused-ring (bicyclic) bond motifs is 1. The lowest BCUT2D eigenvalue weighted by molar-refractivity contribution is 0.304. The smallest absolute Gasteiger partial charge is 0.184 e. The highest BCUT2D eigenvalue weighted by molar-refractivity contribution is 5.64. The molecule has 0 amide bonds. The van der Waals surface area contributed by atoms with Crippen molar-refractivity contribution in [3.8, 4) is 11.5 Å². The summed E-state index contributed by atoms with van der Waals surface area (Å²) in [6, 6.07) is 5.51. The molecule has 76 valence electrons. The zero-order chi connectivity index (χ0) is 9.97. The summed E-state index contributed by atoms with van der Waals surface area (Å²) >= 11 is 0. The first-order valence-corrected chi connectivity index (χ1v) is 5.02. The molecule has 1 aliphatic rings. The van der Waals surface area contributed by atoms with Crippen LogP contribution in [-0.2, 0) is 0 Å². The van der Waals surface area contributed by atoms with E-state index in [0.29, 0.717) is 12.4 Å². The van der Waals surface area contributed by atoms with Crippen molar-refractivity contribution in [1.82, 2.24) is 0 Å². The SMILES string of the molecule is CCN1CCCOc2c(O)cccc21. The van der Waals surface area contributed by atoms with E-state index in [9.17, 15) is 5.11 Å². The van der Waals surface area contributed by atoms with Gasteiger partial charge in [-0.2, -0.15) is 0 Å². The van der Waals surface area contributed by atoms with Crippen LogP contribution in [0.1, 0.15) is 13.3 Å². The van der Waals surface area contributed by atoms with Gasteiger partial charge in [-0.3, -0.25) is 0 Å². The summed E-state index contributed by atoms with van der Waals surface area (Å²) in [5.74, 6) is 0.870. The predicted molar refractivity (Wildman–Crippen MR) is 56.1 cm³/mol. The molecule has 0 atom stereocenters. The molecular formula is C11H15NO2. The van der Waals surface area contributed by atoms with Crippen molar-refractivity contribution in [3.63, 3.8) is 0 Å². The Bertz CT molecular complexity index is 325. The van der Waals surface area contributed by atoms with Gasteiger partial charge in [-0.25, -0.2) is 0 Å². The van der Waals surface area contributed by atoms with Crippen LogP contribution in [0.5, 0.6) is 11.5 Å². The van der Waals surface area contributed by atoms with Crippen molar-refractivity contribution in [3.05, 3.63) is 18.2 Å². The van der Waals surface area contributed by atoms with Gasteiger partial charge in [0, 0.05) is 13.1 Å². The second-order valence-electron chi connectivity index (χ2n) is 3.41. The van der Waals surface area contributed by atoms with E-state index in [0.717, 1.165) is 25.2 Å². The van der Waals surface area contributed by atoms with Gasteiger partial charge in [0.1, 0.15) is 0 Å². The average molecular weight is 193 g/mol. The third-order valence-electron chi connectivity index (χ3n) is 2.51. The molecule has 0 spiro atoms. The van der Waals surface area contributed by atoms with Crippen LogP contribution in [0.4, 0.5) is 5.69 Å². The standard InChI is InChI=1S/C11H15NO2/c1-2-12-7-4-8-14-11-9(12)5-3-6-10(11)13/h3,5-6,13H,2,4,7-8H2,1H3. The fourth-order valence-electron chi connectivity index (χ4n) is 1.79. The van der Waals surface area contributed by atoms with Crippen molar-refractivity contribution < 1.29 is 9.84 Å². The molecule has 0 fully saturated rings. The predicted octanol–water partition coefficient (Wildman–Crippen LogP) is 2.00. The van der Waals surface area contributed by atoms with Gasteiger partial charge in [-0.1, -0.05) is 6.07 Å². The Labute approximate surface area is 83.9 Å². The number of hydrogen-bond acceptors (Lipinski definition) is 3. The summed E-state index contributed by atoms with van der Waals surface area (Å²) in [5, 5.41) is 9.64. The quantitative estimate of drug-likeness (QED) is 0.740. The molecule has 0 aromatic heterocycles. The molecule has 1 aromatic carbocycles. The van der Waals surface area contributed by atoms with E-state index in [1.165, 1.54) is 0 Å². The molecule has 1 aliphatic heterocycles. The Balaban J connectivity index is 2.44. The molecule has 0 saturated carbocycles. The lowest BCUT2D eigenvalue weighted by Gasteiger charge is -2.21. The van der Waals surface area contributed by atoms with Crippen LogP contribution in [0.2, 0.25) is 0 Å². The van der Waals surface area contributed by atoms with Gasteiger partial charge >= 0.3 is 0 Å². The van der Waals surface area contributed by atoms with Crippen LogP contribution in [-0.4, -0.2) is 24.8 Å². The molecule has 0 bridgehead atoms. The molecule has 3 heteroatoms. The molecule has 0 unspecified atom stereocenters. The van der Waals surface area contributed by atoms with Crippen molar-refractivity contribution in [2.45, 2.75) is 13.3 Å². The number of anilines is 1. The van der Waals surface area contributed by atoms with Crippen LogP contribution >= 0.6 is 0 Å². The summed E-state index contributed by atoms with van der Waals surface area (Å²) in [4.78, 5) is 2.22. The maximum atomic E-state index is 9.64. The van der Waals surface area contributed by atoms with Crippen molar-refractivity contribution >= 4 is 5.69 Å². The van der Waals surface area contributed by atoms with E-state index < -0.39 is 0 Å². The summed E-state index contributed by atoms with van der Waals surface area (Å²) in [7, 11) is 0. The van der Waals surface area contributed by atoms with Crippen LogP contribution in [0.15, 0.2) is 18.2 Å². The number of aromatic hydroxyl groups is 1. The molecule has 0 radical (unpaired) electrons. The molecule has 0 saturated heterocycles. The first-order valence-electron chi connectivity index (χ1n) is 5.02. The van der Waals surface area contributed by atoms with Crippen molar-refractivity contribution in [2.75, 3.05) is 24.6 Å². The Morgan fingerprint density at radius 2 is 2.36 bits per heavy atom. The molecule has 2 rings (SSSR count). The highest BCUT2D eigenvalue weighted by atomic mass is 16.5. The number of nitrogens with zero attached hydrogens (tertiary/aromatic N) is 1. The maximum absolute atomic E-state index is 9.64. The van der Waals surface area contributed by atoms with Crippen molar-refractivity contribution in [2.24, 2.45) is 0 Å². The summed E-state index contributed by atoms with van der Waals surface area (Å²) in [6.07, 6.45) is 1.00. The number of phenols is 1. The minimum absolute atomic E-state index is 0.239. The zero-order valence-electron chi connectivity index (χ0n) is 8.36. The number of phenolic OH excluding ortho intramolecular Hbond substituents is 1. The van der Waals surface area contributed by atoms with E-state index in [1.807, 2.05) is 12.1 Å². The number of rotatable bonds is 1. The van der Waals surface area contributed by atoms with Gasteiger partial charge in [0.25, 0.3) is 0 Å². The fraction of sp³-hybridized carbons (Fsp3) is 0.455. The van der Waals surface area contributed by atoms with Gasteiger partial charge in [-0.15, -0.1) is 0 Å². The Hall–Kier alpha value is -1.38. The average Bonchev–Trinajstić information content (AvgIpc) is 2.40. The number of hydrogen-bond donors (Lipinski definition) is 1. The molecule has 1 heterocycles. The number of ether oxygens (including phenoxy) is 1. The molecule has 1 N–H and O–H groups in total. The molecule has 0 aliphatic carbocycles. The van der Waals surface area contributed by atoms with E-state index in [2.05, 4.69) is 11.8 Å². The van der Waals surface area contributed by atoms with Gasteiger partial charge in [0.15, 0.2) is 11.5 Å². The lowest BCUT2D eigenvalue weighted by atomic mass is 10.2. The monoisotopic (exact) mass is 193 g/mol. The molecular weight excluding hydrogens is 178 g/mol. The Morgan fingerprint density at radius 3 is 3.14 bits per heavy atom. The zero-order valence-corrected chi connectivity index (χ0v) is 8.36. The second kappa shape index (κ2) is 3.78. The van der Waals surface area contributed by atoms with Gasteiger partial charge in [-0.05, 0) is 25.5 Å². The van der Waals surface area contributed by atoms with Crippen LogP contribution in [0.25, 0.3) is 0 Å². The van der Waals surface area contributed by atoms with E-state index in [1.54, 1.807) is 6.07 Å². The minimum atomic E-state index is 0.239. The maximum Gasteiger partial charge on any atom is 0.184 e. The normalized spacial score (nSPS) is 15.6. The lowest BCUT2D eigenvalue weighted by Crippen LogP contribution is -2.22. The highest BCUT2D eigenvalue weighted by Crippen LogP contribution is 2.38. The van der Waals surface area contributed by atoms with Crippen LogP contribution in [0, 0.1) is 0 Å². The first-order chi connectivity index (χ1) is 6.83. The van der Waals surface area contributed by atoms with E-state index >= 15 is 0 Å². The third-order valence-corrected chi connectivity index (χ3v) is 2.51. The number of benzene rings is 1. The van der Waals surface area contributed by atoms with E-state index in [-0.39, 0.29) is 5.75 Å². The highest BCUT2D eigenvalue weighted by Gasteiger charge is 2.17. The third kappa shape index (κ3) is 1.50. The Kier molecular flexibility index (Phi) is 2.48. The first kappa shape index (κ1) is 9.19. The minimum Gasteiger partial charge on any atom is -0.504 e. The summed E-state index contributed by atoms with van der Waals surface area (Å²) < 4.78 is 5.52. The molecule has 1 aromatic rings. The topological polar surface area (TPSA) is 32.7 Å². The summed E-state index contributed by atoms with van der Waals surface area (Å²) in [5.41, 5.74) is 1.00. The Morgan fingerprint density at radius 1 is 1.50 bits per heavy atom. The van der Waals surface area contributed by atoms with Gasteiger partial charge < -0.3 is 14.7 Å². The van der Waals surface area contributed by atoms with Gasteiger partial charge in [0.2, 0.25) is 0 Å². The molecule has 14 heavy (non-hydrogen) atoms. The van der Waals surface area contributed by atoms with E-state index in [4.69, 9.17) is 4.74 Å². The molecule has 3 nitrogen and oxygen atoms in total. The van der Waals surface area contributed by atoms with Crippen LogP contribution < -0.4 is 9.64 Å². The van der Waals surface area contributed by atoms with Crippen molar-refractivity contribution in [1.29, 1.82) is 0 Å². The fourth-order valence-corrected chi connectivity index (χ4v) is 1.79. The van der Waals surface area contributed by atoms with Crippen LogP contribution in [0.3, 0.4) is 0 Å². The number of para-hydroxylation sites is 1. The second-order valence-corrected chi connectivity index (χ2v) is 3.41. The summed E-state index contributed by atoms with van der Waals surface area (Å²) in [6.45, 7) is 4.73. The van der Waals surface area contributed by atoms with Gasteiger partial charge in [0.05, 0.1) is 12.3 Å². The largest absolute Gasteiger partial charge is 0.504 e.